The third-order valence-electron chi connectivity index (χ3n) is 1.22. The number of halogens is 3. The molecular formula is C12H13Cl3O7. The van der Waals surface area contributed by atoms with Gasteiger partial charge in [-0.25, -0.2) is 4.79 Å². The first kappa shape index (κ1) is 22.6. The Morgan fingerprint density at radius 2 is 1.23 bits per heavy atom. The van der Waals surface area contributed by atoms with Gasteiger partial charge in [-0.3, -0.25) is 19.4 Å². The van der Waals surface area contributed by atoms with E-state index in [9.17, 15) is 4.79 Å². The Morgan fingerprint density at radius 3 is 1.59 bits per heavy atom. The minimum absolute atomic E-state index is 0.135. The summed E-state index contributed by atoms with van der Waals surface area (Å²) in [6.07, 6.45) is 0. The fraction of sp³-hybridized carbons (Fsp3) is 0.250. The molecule has 0 spiro atoms. The summed E-state index contributed by atoms with van der Waals surface area (Å²) in [5.41, 5.74) is 0. The second-order valence-electron chi connectivity index (χ2n) is 3.39. The molecule has 0 bridgehead atoms. The lowest BCUT2D eigenvalue weighted by Gasteiger charge is -2.05. The molecule has 7 nitrogen and oxygen atoms in total. The maximum atomic E-state index is 10.4. The Labute approximate surface area is 141 Å². The predicted octanol–water partition coefficient (Wildman–Crippen LogP) is 3.69. The molecule has 0 fully saturated rings. The number of aliphatic carboxylic acids is 2. The van der Waals surface area contributed by atoms with Crippen LogP contribution in [-0.2, 0) is 19.3 Å². The van der Waals surface area contributed by atoms with Crippen LogP contribution in [0.25, 0.3) is 0 Å². The minimum atomic E-state index is -0.833. The highest BCUT2D eigenvalue weighted by Gasteiger charge is 2.09. The molecule has 0 unspecified atom stereocenters. The van der Waals surface area contributed by atoms with E-state index in [4.69, 9.17) is 54.6 Å². The summed E-state index contributed by atoms with van der Waals surface area (Å²) < 4.78 is 0. The standard InChI is InChI=1S/C8H5Cl3O3.2C2H4O2/c1-4(12)13-14-8-3-6(10)5(9)2-7(8)11;2*1-2(3)4/h2-3H,1H3;2*1H3,(H,3,4). The van der Waals surface area contributed by atoms with Crippen LogP contribution in [0.2, 0.25) is 15.1 Å². The van der Waals surface area contributed by atoms with Crippen LogP contribution >= 0.6 is 34.8 Å². The zero-order valence-corrected chi connectivity index (χ0v) is 14.0. The fourth-order valence-electron chi connectivity index (χ4n) is 0.672. The number of benzene rings is 1. The number of carbonyl (C=O) groups is 3. The third kappa shape index (κ3) is 14.7. The Hall–Kier alpha value is -1.70. The number of hydrogen-bond acceptors (Lipinski definition) is 5. The summed E-state index contributed by atoms with van der Waals surface area (Å²) in [5.74, 6) is -2.12. The molecule has 124 valence electrons. The van der Waals surface area contributed by atoms with E-state index in [1.807, 2.05) is 0 Å². The van der Waals surface area contributed by atoms with Crippen LogP contribution in [0.1, 0.15) is 20.8 Å². The van der Waals surface area contributed by atoms with Crippen molar-refractivity contribution in [2.75, 3.05) is 0 Å². The van der Waals surface area contributed by atoms with Crippen molar-refractivity contribution in [3.63, 3.8) is 0 Å². The number of carbonyl (C=O) groups excluding carboxylic acids is 1. The zero-order chi connectivity index (χ0) is 17.9. The molecule has 1 aromatic rings. The predicted molar refractivity (Wildman–Crippen MR) is 80.5 cm³/mol. The number of carboxylic acids is 2. The van der Waals surface area contributed by atoms with Gasteiger partial charge in [0, 0.05) is 26.8 Å². The molecule has 0 saturated carbocycles. The molecule has 0 aliphatic carbocycles. The van der Waals surface area contributed by atoms with E-state index in [1.165, 1.54) is 19.1 Å². The first-order chi connectivity index (χ1) is 9.97. The van der Waals surface area contributed by atoms with Gasteiger partial charge in [0.05, 0.1) is 15.1 Å². The van der Waals surface area contributed by atoms with Crippen molar-refractivity contribution < 1.29 is 34.4 Å². The smallest absolute Gasteiger partial charge is 0.352 e. The molecule has 0 aliphatic rings. The molecule has 0 radical (unpaired) electrons. The molecule has 1 rings (SSSR count). The van der Waals surface area contributed by atoms with Crippen molar-refractivity contribution in [3.8, 4) is 5.75 Å². The van der Waals surface area contributed by atoms with E-state index < -0.39 is 17.9 Å². The number of hydrogen-bond donors (Lipinski definition) is 2. The summed E-state index contributed by atoms with van der Waals surface area (Å²) in [6.45, 7) is 3.37. The zero-order valence-electron chi connectivity index (χ0n) is 11.7. The Morgan fingerprint density at radius 1 is 0.864 bits per heavy atom. The van der Waals surface area contributed by atoms with Gasteiger partial charge in [0.1, 0.15) is 0 Å². The molecule has 0 saturated heterocycles. The van der Waals surface area contributed by atoms with Crippen molar-refractivity contribution in [2.24, 2.45) is 0 Å². The van der Waals surface area contributed by atoms with Crippen LogP contribution in [0.4, 0.5) is 0 Å². The monoisotopic (exact) mass is 374 g/mol. The van der Waals surface area contributed by atoms with Crippen LogP contribution in [0, 0.1) is 0 Å². The van der Waals surface area contributed by atoms with Crippen LogP contribution in [0.3, 0.4) is 0 Å². The lowest BCUT2D eigenvalue weighted by molar-refractivity contribution is -0.210. The highest BCUT2D eigenvalue weighted by atomic mass is 35.5. The van der Waals surface area contributed by atoms with Gasteiger partial charge in [0.2, 0.25) is 0 Å². The molecule has 2 N–H and O–H groups in total. The third-order valence-corrected chi connectivity index (χ3v) is 2.24. The van der Waals surface area contributed by atoms with Gasteiger partial charge in [0.25, 0.3) is 11.9 Å². The molecule has 0 aromatic heterocycles. The van der Waals surface area contributed by atoms with Gasteiger partial charge >= 0.3 is 5.97 Å². The molecule has 10 heteroatoms. The van der Waals surface area contributed by atoms with E-state index in [0.717, 1.165) is 13.8 Å². The van der Waals surface area contributed by atoms with E-state index in [2.05, 4.69) is 9.78 Å². The Kier molecular flexibility index (Phi) is 12.2. The SMILES string of the molecule is CC(=O)O.CC(=O)O.CC(=O)OOc1cc(Cl)c(Cl)cc1Cl. The maximum Gasteiger partial charge on any atom is 0.352 e. The molecule has 0 heterocycles. The molecule has 0 amide bonds. The largest absolute Gasteiger partial charge is 0.481 e. The van der Waals surface area contributed by atoms with Gasteiger partial charge in [-0.15, -0.1) is 0 Å². The van der Waals surface area contributed by atoms with Crippen molar-refractivity contribution >= 4 is 52.7 Å². The molecular weight excluding hydrogens is 362 g/mol. The topological polar surface area (TPSA) is 110 Å². The number of rotatable bonds is 2. The van der Waals surface area contributed by atoms with E-state index >= 15 is 0 Å². The molecule has 0 aliphatic heterocycles. The van der Waals surface area contributed by atoms with E-state index in [0.29, 0.717) is 5.02 Å². The summed E-state index contributed by atoms with van der Waals surface area (Å²) in [4.78, 5) is 37.3. The average Bonchev–Trinajstić information content (AvgIpc) is 2.30. The lowest BCUT2D eigenvalue weighted by atomic mass is 10.3. The van der Waals surface area contributed by atoms with Crippen molar-refractivity contribution in [2.45, 2.75) is 20.8 Å². The number of carboxylic acid groups (broad SMARTS) is 2. The second-order valence-corrected chi connectivity index (χ2v) is 4.61. The summed E-state index contributed by atoms with van der Waals surface area (Å²) in [6, 6.07) is 2.75. The van der Waals surface area contributed by atoms with Crippen LogP contribution in [0.5, 0.6) is 5.75 Å². The molecule has 1 aromatic carbocycles. The first-order valence-electron chi connectivity index (χ1n) is 5.36. The normalized spacial score (nSPS) is 8.45. The van der Waals surface area contributed by atoms with Gasteiger partial charge < -0.3 is 10.2 Å². The van der Waals surface area contributed by atoms with E-state index in [1.54, 1.807) is 0 Å². The maximum absolute atomic E-state index is 10.4. The highest BCUT2D eigenvalue weighted by molar-refractivity contribution is 6.43. The van der Waals surface area contributed by atoms with Gasteiger partial charge in [0.15, 0.2) is 5.75 Å². The van der Waals surface area contributed by atoms with E-state index in [-0.39, 0.29) is 15.8 Å². The summed E-state index contributed by atoms with van der Waals surface area (Å²) in [5, 5.41) is 15.6. The Bertz CT molecular complexity index is 512. The quantitative estimate of drug-likeness (QED) is 0.461. The van der Waals surface area contributed by atoms with Crippen molar-refractivity contribution in [1.82, 2.24) is 0 Å². The second kappa shape index (κ2) is 11.9. The first-order valence-corrected chi connectivity index (χ1v) is 6.49. The fourth-order valence-corrected chi connectivity index (χ4v) is 1.24. The lowest BCUT2D eigenvalue weighted by Crippen LogP contribution is -2.03. The molecule has 22 heavy (non-hydrogen) atoms. The minimum Gasteiger partial charge on any atom is -0.481 e. The van der Waals surface area contributed by atoms with Gasteiger partial charge in [-0.1, -0.05) is 34.8 Å². The van der Waals surface area contributed by atoms with Gasteiger partial charge in [-0.2, -0.15) is 0 Å². The van der Waals surface area contributed by atoms with Crippen molar-refractivity contribution in [1.29, 1.82) is 0 Å². The summed E-state index contributed by atoms with van der Waals surface area (Å²) >= 11 is 17.1. The molecule has 0 atom stereocenters. The van der Waals surface area contributed by atoms with Crippen LogP contribution in [0.15, 0.2) is 12.1 Å². The van der Waals surface area contributed by atoms with Gasteiger partial charge in [-0.05, 0) is 6.07 Å². The van der Waals surface area contributed by atoms with Crippen LogP contribution in [-0.4, -0.2) is 28.1 Å². The van der Waals surface area contributed by atoms with Crippen molar-refractivity contribution in [3.05, 3.63) is 27.2 Å². The highest BCUT2D eigenvalue weighted by Crippen LogP contribution is 2.33. The average molecular weight is 376 g/mol. The summed E-state index contributed by atoms with van der Waals surface area (Å²) in [7, 11) is 0. The van der Waals surface area contributed by atoms with Crippen LogP contribution < -0.4 is 4.89 Å². The Balaban J connectivity index is 0.